The normalized spacial score (nSPS) is 10.5. The number of aromatic nitrogens is 1. The van der Waals surface area contributed by atoms with E-state index in [1.807, 2.05) is 6.07 Å². The third-order valence-corrected chi connectivity index (χ3v) is 2.20. The molecule has 0 aromatic carbocycles. The van der Waals surface area contributed by atoms with Crippen molar-refractivity contribution in [2.24, 2.45) is 0 Å². The molecule has 0 aliphatic carbocycles. The van der Waals surface area contributed by atoms with Crippen molar-refractivity contribution in [1.82, 2.24) is 9.88 Å². The second kappa shape index (κ2) is 5.44. The third-order valence-electron chi connectivity index (χ3n) is 2.20. The van der Waals surface area contributed by atoms with Gasteiger partial charge < -0.3 is 16.0 Å². The molecule has 0 saturated carbocycles. The first kappa shape index (κ1) is 10.8. The fraction of sp³-hybridized carbons (Fsp3) is 0.500. The summed E-state index contributed by atoms with van der Waals surface area (Å²) in [6, 6.07) is 1.89. The highest BCUT2D eigenvalue weighted by Gasteiger charge is 1.97. The highest BCUT2D eigenvalue weighted by Crippen LogP contribution is 2.14. The van der Waals surface area contributed by atoms with Crippen LogP contribution in [0.1, 0.15) is 6.92 Å². The van der Waals surface area contributed by atoms with Crippen LogP contribution in [0.25, 0.3) is 0 Å². The minimum Gasteiger partial charge on any atom is -0.396 e. The van der Waals surface area contributed by atoms with Crippen molar-refractivity contribution < 1.29 is 0 Å². The number of likely N-dealkylation sites (N-methyl/N-ethyl adjacent to an activating group) is 1. The topological polar surface area (TPSA) is 54.2 Å². The number of nitrogens with zero attached hydrogens (tertiary/aromatic N) is 2. The predicted octanol–water partition coefficient (Wildman–Crippen LogP) is 1.03. The summed E-state index contributed by atoms with van der Waals surface area (Å²) in [7, 11) is 2.09. The number of nitrogens with two attached hydrogens (primary N) is 1. The molecule has 0 amide bonds. The SMILES string of the molecule is CCN(C)CCNc1ccncc1N. The van der Waals surface area contributed by atoms with Gasteiger partial charge in [-0.15, -0.1) is 0 Å². The van der Waals surface area contributed by atoms with Gasteiger partial charge in [0.25, 0.3) is 0 Å². The lowest BCUT2D eigenvalue weighted by molar-refractivity contribution is 0.367. The first-order chi connectivity index (χ1) is 6.74. The van der Waals surface area contributed by atoms with Crippen LogP contribution in [0, 0.1) is 0 Å². The maximum absolute atomic E-state index is 5.73. The highest BCUT2D eigenvalue weighted by atomic mass is 15.1. The zero-order valence-electron chi connectivity index (χ0n) is 8.83. The maximum Gasteiger partial charge on any atom is 0.0736 e. The Morgan fingerprint density at radius 3 is 3.00 bits per heavy atom. The van der Waals surface area contributed by atoms with E-state index >= 15 is 0 Å². The van der Waals surface area contributed by atoms with Gasteiger partial charge in [-0.1, -0.05) is 6.92 Å². The first-order valence-corrected chi connectivity index (χ1v) is 4.86. The molecule has 0 aliphatic heterocycles. The molecule has 4 nitrogen and oxygen atoms in total. The van der Waals surface area contributed by atoms with Gasteiger partial charge in [-0.2, -0.15) is 0 Å². The van der Waals surface area contributed by atoms with Crippen molar-refractivity contribution in [3.05, 3.63) is 18.5 Å². The number of hydrogen-bond acceptors (Lipinski definition) is 4. The van der Waals surface area contributed by atoms with Crippen LogP contribution in [0.15, 0.2) is 18.5 Å². The van der Waals surface area contributed by atoms with E-state index < -0.39 is 0 Å². The fourth-order valence-corrected chi connectivity index (χ4v) is 1.11. The number of nitrogens with one attached hydrogen (secondary N) is 1. The standard InChI is InChI=1S/C10H18N4/c1-3-14(2)7-6-13-10-4-5-12-8-9(10)11/h4-5,8H,3,6-7,11H2,1-2H3,(H,12,13). The minimum absolute atomic E-state index is 0.701. The van der Waals surface area contributed by atoms with Crippen LogP contribution < -0.4 is 11.1 Å². The minimum atomic E-state index is 0.701. The molecule has 0 fully saturated rings. The Labute approximate surface area is 85.1 Å². The van der Waals surface area contributed by atoms with E-state index in [2.05, 4.69) is 29.2 Å². The Balaban J connectivity index is 2.35. The van der Waals surface area contributed by atoms with E-state index in [-0.39, 0.29) is 0 Å². The maximum atomic E-state index is 5.73. The first-order valence-electron chi connectivity index (χ1n) is 4.86. The number of pyridine rings is 1. The van der Waals surface area contributed by atoms with Crippen molar-refractivity contribution in [2.45, 2.75) is 6.92 Å². The van der Waals surface area contributed by atoms with E-state index in [0.29, 0.717) is 5.69 Å². The molecule has 4 heteroatoms. The van der Waals surface area contributed by atoms with Crippen LogP contribution in [0.4, 0.5) is 11.4 Å². The second-order valence-electron chi connectivity index (χ2n) is 3.29. The largest absolute Gasteiger partial charge is 0.396 e. The monoisotopic (exact) mass is 194 g/mol. The highest BCUT2D eigenvalue weighted by molar-refractivity contribution is 5.64. The molecule has 0 saturated heterocycles. The molecule has 3 N–H and O–H groups in total. The Morgan fingerprint density at radius 1 is 1.57 bits per heavy atom. The summed E-state index contributed by atoms with van der Waals surface area (Å²) in [5.74, 6) is 0. The molecule has 0 unspecified atom stereocenters. The number of rotatable bonds is 5. The van der Waals surface area contributed by atoms with Crippen molar-refractivity contribution in [2.75, 3.05) is 37.7 Å². The van der Waals surface area contributed by atoms with Crippen LogP contribution in [0.3, 0.4) is 0 Å². The molecular weight excluding hydrogens is 176 g/mol. The molecule has 78 valence electrons. The van der Waals surface area contributed by atoms with Gasteiger partial charge in [0.1, 0.15) is 0 Å². The number of hydrogen-bond donors (Lipinski definition) is 2. The van der Waals surface area contributed by atoms with Gasteiger partial charge in [-0.3, -0.25) is 4.98 Å². The van der Waals surface area contributed by atoms with Gasteiger partial charge in [0.2, 0.25) is 0 Å². The molecule has 0 atom stereocenters. The van der Waals surface area contributed by atoms with Gasteiger partial charge in [0.15, 0.2) is 0 Å². The molecule has 1 aromatic heterocycles. The zero-order chi connectivity index (χ0) is 10.4. The molecular formula is C10H18N4. The van der Waals surface area contributed by atoms with Gasteiger partial charge in [0.05, 0.1) is 17.6 Å². The summed E-state index contributed by atoms with van der Waals surface area (Å²) in [6.45, 7) is 5.12. The summed E-state index contributed by atoms with van der Waals surface area (Å²) < 4.78 is 0. The Kier molecular flexibility index (Phi) is 4.19. The van der Waals surface area contributed by atoms with Crippen molar-refractivity contribution in [3.63, 3.8) is 0 Å². The summed E-state index contributed by atoms with van der Waals surface area (Å²) in [6.07, 6.45) is 3.40. The van der Waals surface area contributed by atoms with Crippen LogP contribution in [-0.2, 0) is 0 Å². The molecule has 0 bridgehead atoms. The summed E-state index contributed by atoms with van der Waals surface area (Å²) in [4.78, 5) is 6.17. The average molecular weight is 194 g/mol. The third kappa shape index (κ3) is 3.22. The van der Waals surface area contributed by atoms with E-state index in [0.717, 1.165) is 25.3 Å². The van der Waals surface area contributed by atoms with Crippen LogP contribution in [0.2, 0.25) is 0 Å². The average Bonchev–Trinajstić information content (AvgIpc) is 2.20. The summed E-state index contributed by atoms with van der Waals surface area (Å²) >= 11 is 0. The summed E-state index contributed by atoms with van der Waals surface area (Å²) in [5, 5.41) is 3.27. The molecule has 14 heavy (non-hydrogen) atoms. The van der Waals surface area contributed by atoms with Crippen LogP contribution in [0.5, 0.6) is 0 Å². The van der Waals surface area contributed by atoms with E-state index in [9.17, 15) is 0 Å². The molecule has 0 radical (unpaired) electrons. The molecule has 1 aromatic rings. The number of nitrogen functional groups attached to an aromatic ring is 1. The Hall–Kier alpha value is -1.29. The van der Waals surface area contributed by atoms with E-state index in [1.54, 1.807) is 12.4 Å². The van der Waals surface area contributed by atoms with Gasteiger partial charge in [-0.25, -0.2) is 0 Å². The van der Waals surface area contributed by atoms with Crippen molar-refractivity contribution >= 4 is 11.4 Å². The van der Waals surface area contributed by atoms with E-state index in [4.69, 9.17) is 5.73 Å². The van der Waals surface area contributed by atoms with Gasteiger partial charge in [-0.05, 0) is 19.7 Å². The lowest BCUT2D eigenvalue weighted by atomic mass is 10.3. The van der Waals surface area contributed by atoms with Crippen LogP contribution >= 0.6 is 0 Å². The molecule has 1 rings (SSSR count). The smallest absolute Gasteiger partial charge is 0.0736 e. The van der Waals surface area contributed by atoms with Gasteiger partial charge in [0, 0.05) is 19.3 Å². The summed E-state index contributed by atoms with van der Waals surface area (Å²) in [5.41, 5.74) is 7.39. The van der Waals surface area contributed by atoms with Gasteiger partial charge >= 0.3 is 0 Å². The van der Waals surface area contributed by atoms with Crippen molar-refractivity contribution in [3.8, 4) is 0 Å². The number of anilines is 2. The predicted molar refractivity (Wildman–Crippen MR) is 60.3 cm³/mol. The van der Waals surface area contributed by atoms with Crippen molar-refractivity contribution in [1.29, 1.82) is 0 Å². The quantitative estimate of drug-likeness (QED) is 0.735. The second-order valence-corrected chi connectivity index (χ2v) is 3.29. The van der Waals surface area contributed by atoms with Crippen LogP contribution in [-0.4, -0.2) is 36.6 Å². The fourth-order valence-electron chi connectivity index (χ4n) is 1.11. The lowest BCUT2D eigenvalue weighted by Crippen LogP contribution is -2.24. The molecule has 0 aliphatic rings. The Bertz CT molecular complexity index is 275. The zero-order valence-corrected chi connectivity index (χ0v) is 8.83. The van der Waals surface area contributed by atoms with E-state index in [1.165, 1.54) is 0 Å². The Morgan fingerprint density at radius 2 is 2.36 bits per heavy atom. The molecule has 0 spiro atoms. The lowest BCUT2D eigenvalue weighted by Gasteiger charge is -2.15. The molecule has 1 heterocycles.